The van der Waals surface area contributed by atoms with Crippen LogP contribution < -0.4 is 4.89 Å². The van der Waals surface area contributed by atoms with Gasteiger partial charge in [-0.15, -0.1) is 0 Å². The molecule has 3 atom stereocenters. The van der Waals surface area contributed by atoms with Crippen LogP contribution in [-0.4, -0.2) is 74.5 Å². The van der Waals surface area contributed by atoms with Crippen molar-refractivity contribution in [2.75, 3.05) is 40.9 Å². The fourth-order valence-corrected chi connectivity index (χ4v) is 7.09. The lowest BCUT2D eigenvalue weighted by atomic mass is 10.0. The van der Waals surface area contributed by atoms with Crippen molar-refractivity contribution in [1.82, 2.24) is 0 Å². The van der Waals surface area contributed by atoms with E-state index in [1.165, 1.54) is 116 Å². The van der Waals surface area contributed by atoms with Gasteiger partial charge in [0.1, 0.15) is 12.6 Å². The highest BCUT2D eigenvalue weighted by molar-refractivity contribution is 7.45. The maximum atomic E-state index is 13.0. The molecule has 0 bridgehead atoms. The second kappa shape index (κ2) is 32.8. The van der Waals surface area contributed by atoms with Gasteiger partial charge in [0, 0.05) is 12.8 Å². The van der Waals surface area contributed by atoms with Crippen LogP contribution in [-0.2, 0) is 27.9 Å². The number of ketones is 1. The molecule has 0 spiro atoms. The van der Waals surface area contributed by atoms with E-state index < -0.39 is 39.2 Å². The number of aliphatic hydroxyl groups excluding tert-OH is 1. The highest BCUT2D eigenvalue weighted by Crippen LogP contribution is 2.41. The number of nitrogens with zero attached hydrogens (tertiary/aromatic N) is 1. The maximum Gasteiger partial charge on any atom is 0.306 e. The molecule has 0 aromatic rings. The van der Waals surface area contributed by atoms with Crippen LogP contribution >= 0.6 is 7.82 Å². The van der Waals surface area contributed by atoms with Crippen LogP contribution in [0.3, 0.4) is 0 Å². The average molecular weight is 734 g/mol. The van der Waals surface area contributed by atoms with Gasteiger partial charge in [-0.05, 0) is 12.8 Å². The van der Waals surface area contributed by atoms with Gasteiger partial charge in [0.05, 0.1) is 34.4 Å². The highest BCUT2D eigenvalue weighted by atomic mass is 31.2. The highest BCUT2D eigenvalue weighted by Gasteiger charge is 2.30. The van der Waals surface area contributed by atoms with E-state index in [0.29, 0.717) is 17.3 Å². The summed E-state index contributed by atoms with van der Waals surface area (Å²) in [6.45, 7) is 3.51. The molecule has 0 heterocycles. The minimum absolute atomic E-state index is 0.171. The number of likely N-dealkylation sites (N-methyl/N-ethyl adjacent to an activating group) is 1. The Morgan fingerprint density at radius 1 is 0.620 bits per heavy atom. The molecule has 0 aliphatic carbocycles. The van der Waals surface area contributed by atoms with Crippen molar-refractivity contribution in [3.8, 4) is 0 Å². The van der Waals surface area contributed by atoms with Crippen LogP contribution in [0.25, 0.3) is 0 Å². The Morgan fingerprint density at radius 3 is 1.34 bits per heavy atom. The molecular weight excluding hydrogens is 653 g/mol. The first-order valence-electron chi connectivity index (χ1n) is 20.7. The Morgan fingerprint density at radius 2 is 0.980 bits per heavy atom. The van der Waals surface area contributed by atoms with Crippen molar-refractivity contribution in [2.24, 2.45) is 0 Å². The quantitative estimate of drug-likeness (QED) is 0.0288. The van der Waals surface area contributed by atoms with Crippen LogP contribution in [0.1, 0.15) is 194 Å². The summed E-state index contributed by atoms with van der Waals surface area (Å²) in [5, 5.41) is 9.68. The number of ether oxygens (including phenoxy) is 1. The van der Waals surface area contributed by atoms with E-state index in [1.807, 2.05) is 21.1 Å². The molecule has 50 heavy (non-hydrogen) atoms. The number of quaternary nitrogens is 1. The summed E-state index contributed by atoms with van der Waals surface area (Å²) < 4.78 is 28.6. The van der Waals surface area contributed by atoms with E-state index >= 15 is 0 Å². The van der Waals surface area contributed by atoms with E-state index in [-0.39, 0.29) is 25.2 Å². The molecule has 0 aromatic carbocycles. The molecule has 0 saturated carbocycles. The Kier molecular flexibility index (Phi) is 32.2. The smallest absolute Gasteiger partial charge is 0.306 e. The first kappa shape index (κ1) is 49.2. The van der Waals surface area contributed by atoms with Crippen LogP contribution in [0.2, 0.25) is 0 Å². The summed E-state index contributed by atoms with van der Waals surface area (Å²) in [5.41, 5.74) is 0. The van der Waals surface area contributed by atoms with Gasteiger partial charge in [0.2, 0.25) is 0 Å². The number of Topliss-reactive ketones (excluding diaryl/α,β-unsaturated/α-hetero) is 1. The summed E-state index contributed by atoms with van der Waals surface area (Å²) >= 11 is 0. The zero-order valence-electron chi connectivity index (χ0n) is 33.3. The standard InChI is InChI=1S/C40H80NO8P/c1-6-8-10-12-14-16-18-19-20-21-23-25-27-29-31-33-40(44)48-37(35-42)36-47-50(45,46)49-39(34-41(3,4)5)38(43)32-30-28-26-24-22-17-15-13-11-9-7-2/h37,39,42H,6-36H2,1-5H3/t37-,39?/m1/s1. The molecule has 1 N–H and O–H groups in total. The first-order valence-corrected chi connectivity index (χ1v) is 22.2. The molecule has 0 amide bonds. The second-order valence-corrected chi connectivity index (χ2v) is 16.9. The molecule has 0 aromatic heterocycles. The van der Waals surface area contributed by atoms with Gasteiger partial charge in [-0.3, -0.25) is 14.2 Å². The van der Waals surface area contributed by atoms with Crippen molar-refractivity contribution in [3.05, 3.63) is 0 Å². The Labute approximate surface area is 308 Å². The third-order valence-corrected chi connectivity index (χ3v) is 10.2. The van der Waals surface area contributed by atoms with Crippen molar-refractivity contribution in [2.45, 2.75) is 206 Å². The third-order valence-electron chi connectivity index (χ3n) is 9.26. The molecule has 9 nitrogen and oxygen atoms in total. The molecule has 0 rings (SSSR count). The van der Waals surface area contributed by atoms with Gasteiger partial charge in [-0.1, -0.05) is 168 Å². The lowest BCUT2D eigenvalue weighted by Crippen LogP contribution is -2.45. The third kappa shape index (κ3) is 33.0. The number of carbonyl (C=O) groups excluding carboxylic acids is 2. The zero-order valence-corrected chi connectivity index (χ0v) is 34.2. The monoisotopic (exact) mass is 734 g/mol. The van der Waals surface area contributed by atoms with E-state index in [0.717, 1.165) is 38.5 Å². The van der Waals surface area contributed by atoms with Gasteiger partial charge >= 0.3 is 5.97 Å². The minimum atomic E-state index is -4.90. The number of unbranched alkanes of at least 4 members (excludes halogenated alkanes) is 24. The van der Waals surface area contributed by atoms with E-state index in [9.17, 15) is 24.2 Å². The number of carbonyl (C=O) groups is 2. The SMILES string of the molecule is CCCCCCCCCCCCCCCCCC(=O)O[C@H](CO)COP(=O)([O-])OC(C[N+](C)(C)C)C(=O)CCCCCCCCCCCCC. The molecule has 0 aliphatic rings. The van der Waals surface area contributed by atoms with Crippen LogP contribution in [0.15, 0.2) is 0 Å². The number of hydrogen-bond donors (Lipinski definition) is 1. The van der Waals surface area contributed by atoms with Gasteiger partial charge in [-0.25, -0.2) is 0 Å². The molecule has 2 unspecified atom stereocenters. The molecule has 0 aliphatic heterocycles. The summed E-state index contributed by atoms with van der Waals surface area (Å²) in [4.78, 5) is 38.1. The summed E-state index contributed by atoms with van der Waals surface area (Å²) in [6, 6.07) is 0. The number of phosphoric acid groups is 1. The summed E-state index contributed by atoms with van der Waals surface area (Å²) in [7, 11) is 0.687. The Hall–Kier alpha value is -0.830. The second-order valence-electron chi connectivity index (χ2n) is 15.6. The predicted octanol–water partition coefficient (Wildman–Crippen LogP) is 10.00. The summed E-state index contributed by atoms with van der Waals surface area (Å²) in [5.74, 6) is -0.753. The topological polar surface area (TPSA) is 122 Å². The number of rotatable bonds is 38. The van der Waals surface area contributed by atoms with Crippen molar-refractivity contribution in [1.29, 1.82) is 0 Å². The molecule has 298 valence electrons. The van der Waals surface area contributed by atoms with Crippen LogP contribution in [0.4, 0.5) is 0 Å². The number of phosphoric ester groups is 1. The number of esters is 1. The van der Waals surface area contributed by atoms with E-state index in [2.05, 4.69) is 13.8 Å². The fraction of sp³-hybridized carbons (Fsp3) is 0.950. The van der Waals surface area contributed by atoms with Gasteiger partial charge in [-0.2, -0.15) is 0 Å². The normalized spacial score (nSPS) is 14.4. The van der Waals surface area contributed by atoms with Crippen molar-refractivity contribution in [3.63, 3.8) is 0 Å². The van der Waals surface area contributed by atoms with Crippen molar-refractivity contribution < 1.29 is 42.4 Å². The lowest BCUT2D eigenvalue weighted by molar-refractivity contribution is -0.872. The molecular formula is C40H80NO8P. The number of hydrogen-bond acceptors (Lipinski definition) is 8. The van der Waals surface area contributed by atoms with E-state index in [4.69, 9.17) is 13.8 Å². The van der Waals surface area contributed by atoms with Crippen LogP contribution in [0, 0.1) is 0 Å². The van der Waals surface area contributed by atoms with E-state index in [1.54, 1.807) is 0 Å². The zero-order chi connectivity index (χ0) is 37.4. The molecule has 0 saturated heterocycles. The summed E-state index contributed by atoms with van der Waals surface area (Å²) in [6.07, 6.45) is 29.5. The molecule has 10 heteroatoms. The van der Waals surface area contributed by atoms with Crippen LogP contribution in [0.5, 0.6) is 0 Å². The molecule has 0 fully saturated rings. The van der Waals surface area contributed by atoms with Crippen molar-refractivity contribution >= 4 is 19.6 Å². The fourth-order valence-electron chi connectivity index (χ4n) is 6.19. The Balaban J connectivity index is 4.27. The van der Waals surface area contributed by atoms with Gasteiger partial charge < -0.3 is 28.3 Å². The minimum Gasteiger partial charge on any atom is -0.756 e. The van der Waals surface area contributed by atoms with Gasteiger partial charge in [0.15, 0.2) is 11.9 Å². The first-order chi connectivity index (χ1) is 23.9. The largest absolute Gasteiger partial charge is 0.756 e. The van der Waals surface area contributed by atoms with Gasteiger partial charge in [0.25, 0.3) is 7.82 Å². The molecule has 0 radical (unpaired) electrons. The predicted molar refractivity (Wildman–Crippen MR) is 204 cm³/mol. The Bertz CT molecular complexity index is 850. The maximum absolute atomic E-state index is 13.0. The number of aliphatic hydroxyl groups is 1. The lowest BCUT2D eigenvalue weighted by Gasteiger charge is -2.32. The average Bonchev–Trinajstić information content (AvgIpc) is 3.06.